The van der Waals surface area contributed by atoms with Gasteiger partial charge in [0.1, 0.15) is 0 Å². The average Bonchev–Trinajstić information content (AvgIpc) is 2.67. The van der Waals surface area contributed by atoms with E-state index >= 15 is 0 Å². The van der Waals surface area contributed by atoms with Crippen LogP contribution in [-0.4, -0.2) is 23.4 Å². The lowest BCUT2D eigenvalue weighted by molar-refractivity contribution is -0.119. The number of benzene rings is 1. The number of hydrogen-bond acceptors (Lipinski definition) is 4. The highest BCUT2D eigenvalue weighted by Gasteiger charge is 2.14. The van der Waals surface area contributed by atoms with Crippen LogP contribution in [0.3, 0.4) is 0 Å². The first-order valence-corrected chi connectivity index (χ1v) is 9.29. The molecule has 0 saturated carbocycles. The molecular formula is C20H24ClN3O3. The molecule has 144 valence electrons. The van der Waals surface area contributed by atoms with E-state index in [2.05, 4.69) is 15.6 Å². The molecule has 0 aliphatic rings. The van der Waals surface area contributed by atoms with Crippen molar-refractivity contribution >= 4 is 29.1 Å². The maximum absolute atomic E-state index is 12.4. The highest BCUT2D eigenvalue weighted by atomic mass is 35.5. The number of aromatic nitrogens is 1. The molecule has 1 aromatic carbocycles. The van der Waals surface area contributed by atoms with Crippen LogP contribution in [0.1, 0.15) is 43.2 Å². The number of nitrogens with one attached hydrogen (secondary N) is 2. The van der Waals surface area contributed by atoms with E-state index < -0.39 is 5.91 Å². The zero-order valence-electron chi connectivity index (χ0n) is 15.7. The zero-order valence-corrected chi connectivity index (χ0v) is 16.5. The molecule has 1 atom stereocenters. The number of ether oxygens (including phenoxy) is 1. The van der Waals surface area contributed by atoms with Crippen LogP contribution in [0.5, 0.6) is 5.88 Å². The van der Waals surface area contributed by atoms with E-state index in [9.17, 15) is 9.59 Å². The van der Waals surface area contributed by atoms with Gasteiger partial charge >= 0.3 is 0 Å². The van der Waals surface area contributed by atoms with Gasteiger partial charge in [0.05, 0.1) is 11.6 Å². The summed E-state index contributed by atoms with van der Waals surface area (Å²) in [5, 5.41) is 5.92. The third-order valence-electron chi connectivity index (χ3n) is 4.04. The van der Waals surface area contributed by atoms with Crippen LogP contribution in [0.2, 0.25) is 5.02 Å². The summed E-state index contributed by atoms with van der Waals surface area (Å²) in [6.07, 6.45) is 0.774. The van der Waals surface area contributed by atoms with Crippen LogP contribution in [0, 0.1) is 5.92 Å². The van der Waals surface area contributed by atoms with E-state index in [1.165, 1.54) is 0 Å². The van der Waals surface area contributed by atoms with Gasteiger partial charge in [0, 0.05) is 24.2 Å². The lowest BCUT2D eigenvalue weighted by Gasteiger charge is -2.12. The summed E-state index contributed by atoms with van der Waals surface area (Å²) in [4.78, 5) is 28.6. The predicted molar refractivity (Wildman–Crippen MR) is 106 cm³/mol. The Morgan fingerprint density at radius 2 is 2.00 bits per heavy atom. The fraction of sp³-hybridized carbons (Fsp3) is 0.350. The minimum Gasteiger partial charge on any atom is -0.478 e. The van der Waals surface area contributed by atoms with Crippen LogP contribution in [0.4, 0.5) is 5.69 Å². The molecule has 2 aromatic rings. The second-order valence-corrected chi connectivity index (χ2v) is 6.50. The highest BCUT2D eigenvalue weighted by molar-refractivity contribution is 6.33. The molecule has 1 aromatic heterocycles. The fourth-order valence-electron chi connectivity index (χ4n) is 2.29. The van der Waals surface area contributed by atoms with Gasteiger partial charge in [-0.1, -0.05) is 37.6 Å². The Morgan fingerprint density at radius 1 is 1.22 bits per heavy atom. The number of pyridine rings is 1. The number of halogens is 1. The molecule has 0 spiro atoms. The number of amides is 2. The number of carbonyl (C=O) groups excluding carboxylic acids is 2. The van der Waals surface area contributed by atoms with Crippen molar-refractivity contribution in [2.24, 2.45) is 5.92 Å². The summed E-state index contributed by atoms with van der Waals surface area (Å²) in [5.41, 5.74) is 1.66. The SMILES string of the molecule is CCOc1ccc(Cl)c(C(=O)NCc2cccc(NC(=O)C(C)CC)c2)n1. The van der Waals surface area contributed by atoms with E-state index in [-0.39, 0.29) is 29.1 Å². The van der Waals surface area contributed by atoms with E-state index in [1.54, 1.807) is 12.1 Å². The molecule has 0 saturated heterocycles. The molecule has 2 amide bonds. The largest absolute Gasteiger partial charge is 0.478 e. The molecule has 7 heteroatoms. The van der Waals surface area contributed by atoms with Gasteiger partial charge in [-0.05, 0) is 37.1 Å². The normalized spacial score (nSPS) is 11.6. The molecule has 2 N–H and O–H groups in total. The number of nitrogens with zero attached hydrogens (tertiary/aromatic N) is 1. The van der Waals surface area contributed by atoms with Crippen molar-refractivity contribution in [3.05, 3.63) is 52.7 Å². The minimum absolute atomic E-state index is 0.0255. The number of hydrogen-bond donors (Lipinski definition) is 2. The van der Waals surface area contributed by atoms with E-state index in [0.29, 0.717) is 18.2 Å². The van der Waals surface area contributed by atoms with Gasteiger partial charge in [-0.2, -0.15) is 0 Å². The lowest BCUT2D eigenvalue weighted by atomic mass is 10.1. The summed E-state index contributed by atoms with van der Waals surface area (Å²) in [5.74, 6) is -0.126. The Balaban J connectivity index is 2.02. The van der Waals surface area contributed by atoms with E-state index in [0.717, 1.165) is 12.0 Å². The number of anilines is 1. The summed E-state index contributed by atoms with van der Waals surface area (Å²) in [6.45, 7) is 6.42. The maximum atomic E-state index is 12.4. The van der Waals surface area contributed by atoms with E-state index in [4.69, 9.17) is 16.3 Å². The molecule has 27 heavy (non-hydrogen) atoms. The van der Waals surface area contributed by atoms with Gasteiger partial charge < -0.3 is 15.4 Å². The van der Waals surface area contributed by atoms with Crippen LogP contribution in [-0.2, 0) is 11.3 Å². The first kappa shape index (κ1) is 20.7. The van der Waals surface area contributed by atoms with Gasteiger partial charge in [-0.3, -0.25) is 9.59 Å². The third-order valence-corrected chi connectivity index (χ3v) is 4.34. The molecular weight excluding hydrogens is 366 g/mol. The standard InChI is InChI=1S/C20H24ClN3O3/c1-4-13(3)19(25)23-15-8-6-7-14(11-15)12-22-20(26)18-16(21)9-10-17(24-18)27-5-2/h6-11,13H,4-5,12H2,1-3H3,(H,22,26)(H,23,25). The van der Waals surface area contributed by atoms with Crippen LogP contribution >= 0.6 is 11.6 Å². The fourth-order valence-corrected chi connectivity index (χ4v) is 2.48. The van der Waals surface area contributed by atoms with Gasteiger partial charge in [0.15, 0.2) is 5.69 Å². The maximum Gasteiger partial charge on any atom is 0.271 e. The summed E-state index contributed by atoms with van der Waals surface area (Å²) < 4.78 is 5.31. The van der Waals surface area contributed by atoms with Crippen molar-refractivity contribution in [1.82, 2.24) is 10.3 Å². The molecule has 0 bridgehead atoms. The smallest absolute Gasteiger partial charge is 0.271 e. The Hall–Kier alpha value is -2.60. The van der Waals surface area contributed by atoms with E-state index in [1.807, 2.05) is 45.0 Å². The molecule has 6 nitrogen and oxygen atoms in total. The minimum atomic E-state index is -0.393. The highest BCUT2D eigenvalue weighted by Crippen LogP contribution is 2.18. The van der Waals surface area contributed by atoms with Crippen LogP contribution in [0.25, 0.3) is 0 Å². The molecule has 1 heterocycles. The molecule has 2 rings (SSSR count). The molecule has 0 fully saturated rings. The molecule has 0 radical (unpaired) electrons. The zero-order chi connectivity index (χ0) is 19.8. The van der Waals surface area contributed by atoms with Crippen molar-refractivity contribution in [2.75, 3.05) is 11.9 Å². The van der Waals surface area contributed by atoms with Crippen LogP contribution in [0.15, 0.2) is 36.4 Å². The van der Waals surface area contributed by atoms with Gasteiger partial charge in [-0.15, -0.1) is 0 Å². The van der Waals surface area contributed by atoms with Crippen molar-refractivity contribution in [3.63, 3.8) is 0 Å². The first-order valence-electron chi connectivity index (χ1n) is 8.91. The molecule has 1 unspecified atom stereocenters. The topological polar surface area (TPSA) is 80.3 Å². The van der Waals surface area contributed by atoms with Crippen molar-refractivity contribution in [2.45, 2.75) is 33.7 Å². The Kier molecular flexibility index (Phi) is 7.61. The Labute approximate surface area is 164 Å². The second-order valence-electron chi connectivity index (χ2n) is 6.09. The van der Waals surface area contributed by atoms with Crippen molar-refractivity contribution in [1.29, 1.82) is 0 Å². The monoisotopic (exact) mass is 389 g/mol. The van der Waals surface area contributed by atoms with Gasteiger partial charge in [0.25, 0.3) is 5.91 Å². The lowest BCUT2D eigenvalue weighted by Crippen LogP contribution is -2.24. The number of carbonyl (C=O) groups is 2. The van der Waals surface area contributed by atoms with Gasteiger partial charge in [0.2, 0.25) is 11.8 Å². The Bertz CT molecular complexity index is 811. The molecule has 0 aliphatic heterocycles. The van der Waals surface area contributed by atoms with Crippen molar-refractivity contribution < 1.29 is 14.3 Å². The summed E-state index contributed by atoms with van der Waals surface area (Å²) in [7, 11) is 0. The first-order chi connectivity index (χ1) is 12.9. The third kappa shape index (κ3) is 5.96. The molecule has 0 aliphatic carbocycles. The predicted octanol–water partition coefficient (Wildman–Crippen LogP) is 4.05. The summed E-state index contributed by atoms with van der Waals surface area (Å²) in [6, 6.07) is 10.5. The average molecular weight is 390 g/mol. The van der Waals surface area contributed by atoms with Gasteiger partial charge in [-0.25, -0.2) is 4.98 Å². The quantitative estimate of drug-likeness (QED) is 0.713. The van der Waals surface area contributed by atoms with Crippen LogP contribution < -0.4 is 15.4 Å². The second kappa shape index (κ2) is 9.92. The Morgan fingerprint density at radius 3 is 2.70 bits per heavy atom. The van der Waals surface area contributed by atoms with Crippen molar-refractivity contribution in [3.8, 4) is 5.88 Å². The summed E-state index contributed by atoms with van der Waals surface area (Å²) >= 11 is 6.07. The number of rotatable bonds is 8.